The molecule has 0 spiro atoms. The van der Waals surface area contributed by atoms with Crippen molar-refractivity contribution >= 4 is 23.1 Å². The highest BCUT2D eigenvalue weighted by Crippen LogP contribution is 2.29. The summed E-state index contributed by atoms with van der Waals surface area (Å²) in [7, 11) is 0. The standard InChI is InChI=1S/C19H13N3O2/c20-19-18(13-7-5-12(11-23)6-8-13)22-15(10-21-19)17-9-14-3-1-2-4-16(14)24-17/h1-11H,(H2,20,21). The highest BCUT2D eigenvalue weighted by atomic mass is 16.3. The highest BCUT2D eigenvalue weighted by molar-refractivity contribution is 5.83. The molecule has 0 saturated heterocycles. The van der Waals surface area contributed by atoms with Crippen LogP contribution in [-0.4, -0.2) is 16.3 Å². The predicted octanol–water partition coefficient (Wildman–Crippen LogP) is 3.95. The lowest BCUT2D eigenvalue weighted by molar-refractivity contribution is 0.112. The minimum absolute atomic E-state index is 0.328. The highest BCUT2D eigenvalue weighted by Gasteiger charge is 2.12. The molecule has 0 aliphatic heterocycles. The Hall–Kier alpha value is -3.47. The number of carbonyl (C=O) groups is 1. The van der Waals surface area contributed by atoms with Gasteiger partial charge in [-0.1, -0.05) is 42.5 Å². The van der Waals surface area contributed by atoms with E-state index in [1.807, 2.05) is 30.3 Å². The first-order valence-electron chi connectivity index (χ1n) is 7.42. The number of benzene rings is 2. The molecule has 0 aliphatic rings. The number of hydrogen-bond acceptors (Lipinski definition) is 5. The summed E-state index contributed by atoms with van der Waals surface area (Å²) in [4.78, 5) is 19.6. The molecule has 0 radical (unpaired) electrons. The number of furan rings is 1. The van der Waals surface area contributed by atoms with Crippen molar-refractivity contribution in [2.45, 2.75) is 0 Å². The second-order valence-electron chi connectivity index (χ2n) is 5.38. The molecule has 0 aliphatic carbocycles. The number of nitrogens with two attached hydrogens (primary N) is 1. The maximum Gasteiger partial charge on any atom is 0.155 e. The molecule has 0 fully saturated rings. The van der Waals surface area contributed by atoms with Crippen molar-refractivity contribution in [1.29, 1.82) is 0 Å². The first-order chi connectivity index (χ1) is 11.7. The minimum atomic E-state index is 0.328. The third-order valence-corrected chi connectivity index (χ3v) is 3.80. The Morgan fingerprint density at radius 1 is 1.04 bits per heavy atom. The molecule has 116 valence electrons. The molecule has 4 aromatic rings. The molecular formula is C19H13N3O2. The van der Waals surface area contributed by atoms with Crippen molar-refractivity contribution < 1.29 is 9.21 Å². The van der Waals surface area contributed by atoms with Gasteiger partial charge in [-0.2, -0.15) is 0 Å². The Balaban J connectivity index is 1.81. The molecule has 2 heterocycles. The summed E-state index contributed by atoms with van der Waals surface area (Å²) in [6.07, 6.45) is 2.39. The summed E-state index contributed by atoms with van der Waals surface area (Å²) in [5, 5.41) is 1.00. The van der Waals surface area contributed by atoms with Crippen molar-refractivity contribution in [3.63, 3.8) is 0 Å². The molecule has 5 heteroatoms. The van der Waals surface area contributed by atoms with Crippen molar-refractivity contribution in [3.8, 4) is 22.7 Å². The molecule has 5 nitrogen and oxygen atoms in total. The molecule has 2 aromatic carbocycles. The van der Waals surface area contributed by atoms with Crippen LogP contribution in [0.5, 0.6) is 0 Å². The average molecular weight is 315 g/mol. The lowest BCUT2D eigenvalue weighted by Crippen LogP contribution is -1.98. The van der Waals surface area contributed by atoms with Gasteiger partial charge in [0.2, 0.25) is 0 Å². The Labute approximate surface area is 137 Å². The lowest BCUT2D eigenvalue weighted by atomic mass is 10.1. The average Bonchev–Trinajstić information content (AvgIpc) is 3.06. The topological polar surface area (TPSA) is 82.0 Å². The maximum absolute atomic E-state index is 10.8. The smallest absolute Gasteiger partial charge is 0.155 e. The second-order valence-corrected chi connectivity index (χ2v) is 5.38. The van der Waals surface area contributed by atoms with Crippen LogP contribution in [0, 0.1) is 0 Å². The van der Waals surface area contributed by atoms with Crippen LogP contribution in [0.25, 0.3) is 33.7 Å². The molecular weight excluding hydrogens is 302 g/mol. The summed E-state index contributed by atoms with van der Waals surface area (Å²) in [5.41, 5.74) is 9.32. The summed E-state index contributed by atoms with van der Waals surface area (Å²) in [6, 6.07) is 16.7. The Morgan fingerprint density at radius 2 is 1.83 bits per heavy atom. The van der Waals surface area contributed by atoms with Crippen LogP contribution in [0.15, 0.2) is 65.2 Å². The fourth-order valence-electron chi connectivity index (χ4n) is 2.56. The lowest BCUT2D eigenvalue weighted by Gasteiger charge is -2.06. The molecule has 0 unspecified atom stereocenters. The van der Waals surface area contributed by atoms with E-state index in [0.29, 0.717) is 28.5 Å². The first-order valence-corrected chi connectivity index (χ1v) is 7.42. The number of carbonyl (C=O) groups excluding carboxylic acids is 1. The van der Waals surface area contributed by atoms with Gasteiger partial charge in [0.05, 0.1) is 6.20 Å². The van der Waals surface area contributed by atoms with Gasteiger partial charge in [0.1, 0.15) is 29.1 Å². The number of nitrogens with zero attached hydrogens (tertiary/aromatic N) is 2. The van der Waals surface area contributed by atoms with Crippen LogP contribution in [-0.2, 0) is 0 Å². The van der Waals surface area contributed by atoms with E-state index in [-0.39, 0.29) is 0 Å². The number of nitrogen functional groups attached to an aromatic ring is 1. The molecule has 24 heavy (non-hydrogen) atoms. The SMILES string of the molecule is Nc1ncc(-c2cc3ccccc3o2)nc1-c1ccc(C=O)cc1. The van der Waals surface area contributed by atoms with Crippen LogP contribution < -0.4 is 5.73 Å². The van der Waals surface area contributed by atoms with Crippen LogP contribution in [0.4, 0.5) is 5.82 Å². The quantitative estimate of drug-likeness (QED) is 0.579. The molecule has 2 aromatic heterocycles. The second kappa shape index (κ2) is 5.62. The Bertz CT molecular complexity index is 1000. The summed E-state index contributed by atoms with van der Waals surface area (Å²) in [5.74, 6) is 0.961. The van der Waals surface area contributed by atoms with E-state index in [1.54, 1.807) is 30.5 Å². The molecule has 0 saturated carbocycles. The number of aromatic nitrogens is 2. The van der Waals surface area contributed by atoms with Crippen LogP contribution >= 0.6 is 0 Å². The number of hydrogen-bond donors (Lipinski definition) is 1. The molecule has 4 rings (SSSR count). The van der Waals surface area contributed by atoms with Gasteiger partial charge in [-0.15, -0.1) is 0 Å². The Kier molecular flexibility index (Phi) is 3.31. The molecule has 0 atom stereocenters. The van der Waals surface area contributed by atoms with Gasteiger partial charge in [-0.05, 0) is 12.1 Å². The number of anilines is 1. The molecule has 2 N–H and O–H groups in total. The zero-order valence-corrected chi connectivity index (χ0v) is 12.6. The van der Waals surface area contributed by atoms with Gasteiger partial charge < -0.3 is 10.2 Å². The third kappa shape index (κ3) is 2.42. The van der Waals surface area contributed by atoms with Crippen LogP contribution in [0.2, 0.25) is 0 Å². The summed E-state index contributed by atoms with van der Waals surface area (Å²) < 4.78 is 5.83. The van der Waals surface area contributed by atoms with Gasteiger partial charge in [-0.25, -0.2) is 9.97 Å². The van der Waals surface area contributed by atoms with E-state index >= 15 is 0 Å². The monoisotopic (exact) mass is 315 g/mol. The minimum Gasteiger partial charge on any atom is -0.454 e. The van der Waals surface area contributed by atoms with Gasteiger partial charge in [0.25, 0.3) is 0 Å². The van der Waals surface area contributed by atoms with Crippen molar-refractivity contribution in [3.05, 3.63) is 66.4 Å². The van der Waals surface area contributed by atoms with Gasteiger partial charge in [-0.3, -0.25) is 4.79 Å². The van der Waals surface area contributed by atoms with Gasteiger partial charge >= 0.3 is 0 Å². The van der Waals surface area contributed by atoms with Crippen LogP contribution in [0.3, 0.4) is 0 Å². The molecule has 0 amide bonds. The summed E-state index contributed by atoms with van der Waals surface area (Å²) in [6.45, 7) is 0. The van der Waals surface area contributed by atoms with Gasteiger partial charge in [0, 0.05) is 16.5 Å². The fourth-order valence-corrected chi connectivity index (χ4v) is 2.56. The van der Waals surface area contributed by atoms with E-state index in [1.165, 1.54) is 0 Å². The van der Waals surface area contributed by atoms with Crippen LogP contribution in [0.1, 0.15) is 10.4 Å². The zero-order chi connectivity index (χ0) is 16.5. The largest absolute Gasteiger partial charge is 0.454 e. The van der Waals surface area contributed by atoms with Crippen molar-refractivity contribution in [2.75, 3.05) is 5.73 Å². The third-order valence-electron chi connectivity index (χ3n) is 3.80. The van der Waals surface area contributed by atoms with E-state index in [4.69, 9.17) is 10.2 Å². The zero-order valence-electron chi connectivity index (χ0n) is 12.6. The number of aldehydes is 1. The normalized spacial score (nSPS) is 10.8. The van der Waals surface area contributed by atoms with Crippen molar-refractivity contribution in [1.82, 2.24) is 9.97 Å². The van der Waals surface area contributed by atoms with E-state index in [9.17, 15) is 4.79 Å². The van der Waals surface area contributed by atoms with E-state index in [0.717, 1.165) is 22.8 Å². The molecule has 0 bridgehead atoms. The Morgan fingerprint density at radius 3 is 2.58 bits per heavy atom. The van der Waals surface area contributed by atoms with E-state index < -0.39 is 0 Å². The van der Waals surface area contributed by atoms with E-state index in [2.05, 4.69) is 9.97 Å². The number of fused-ring (bicyclic) bond motifs is 1. The maximum atomic E-state index is 10.8. The van der Waals surface area contributed by atoms with Gasteiger partial charge in [0.15, 0.2) is 5.76 Å². The number of rotatable bonds is 3. The summed E-state index contributed by atoms with van der Waals surface area (Å²) >= 11 is 0. The number of para-hydroxylation sites is 1. The first kappa shape index (κ1) is 14.1. The van der Waals surface area contributed by atoms with Crippen molar-refractivity contribution in [2.24, 2.45) is 0 Å². The predicted molar refractivity (Wildman–Crippen MR) is 92.5 cm³/mol. The fraction of sp³-hybridized carbons (Fsp3) is 0.